The summed E-state index contributed by atoms with van der Waals surface area (Å²) in [6.45, 7) is 9.03. The lowest BCUT2D eigenvalue weighted by atomic mass is 9.83. The molecule has 1 heterocycles. The van der Waals surface area contributed by atoms with Gasteiger partial charge in [-0.2, -0.15) is 0 Å². The summed E-state index contributed by atoms with van der Waals surface area (Å²) in [6.07, 6.45) is 0. The van der Waals surface area contributed by atoms with Crippen molar-refractivity contribution < 1.29 is 0 Å². The summed E-state index contributed by atoms with van der Waals surface area (Å²) in [7, 11) is 0. The number of benzene rings is 1. The molecule has 0 atom stereocenters. The van der Waals surface area contributed by atoms with Gasteiger partial charge in [-0.15, -0.1) is 0 Å². The first-order valence-corrected chi connectivity index (χ1v) is 5.09. The first-order chi connectivity index (χ1) is 6.48. The Hall–Kier alpha value is -1.18. The molecule has 0 radical (unpaired) electrons. The van der Waals surface area contributed by atoms with E-state index in [0.717, 1.165) is 18.8 Å². The molecule has 1 saturated heterocycles. The van der Waals surface area contributed by atoms with Crippen LogP contribution in [0, 0.1) is 12.3 Å². The number of aryl methyl sites for hydroxylation is 1. The van der Waals surface area contributed by atoms with Crippen molar-refractivity contribution in [2.75, 3.05) is 23.7 Å². The number of hydrogen-bond acceptors (Lipinski definition) is 2. The second-order valence-electron chi connectivity index (χ2n) is 5.07. The van der Waals surface area contributed by atoms with E-state index in [2.05, 4.69) is 31.7 Å². The van der Waals surface area contributed by atoms with Gasteiger partial charge in [0, 0.05) is 24.5 Å². The summed E-state index contributed by atoms with van der Waals surface area (Å²) in [5.41, 5.74) is 9.66. The molecule has 2 rings (SSSR count). The molecule has 2 nitrogen and oxygen atoms in total. The zero-order valence-electron chi connectivity index (χ0n) is 9.17. The Morgan fingerprint density at radius 3 is 2.43 bits per heavy atom. The molecule has 1 aromatic carbocycles. The summed E-state index contributed by atoms with van der Waals surface area (Å²) in [6, 6.07) is 6.15. The Morgan fingerprint density at radius 1 is 1.29 bits per heavy atom. The highest BCUT2D eigenvalue weighted by molar-refractivity contribution is 5.60. The van der Waals surface area contributed by atoms with Gasteiger partial charge in [0.15, 0.2) is 0 Å². The van der Waals surface area contributed by atoms with E-state index in [1.165, 1.54) is 11.3 Å². The van der Waals surface area contributed by atoms with Crippen LogP contribution in [-0.4, -0.2) is 13.1 Å². The monoisotopic (exact) mass is 190 g/mol. The minimum absolute atomic E-state index is 0.480. The molecule has 1 aliphatic rings. The lowest BCUT2D eigenvalue weighted by Gasteiger charge is -2.48. The number of anilines is 2. The Morgan fingerprint density at radius 2 is 1.93 bits per heavy atom. The van der Waals surface area contributed by atoms with Crippen LogP contribution in [0.1, 0.15) is 19.4 Å². The minimum atomic E-state index is 0.480. The van der Waals surface area contributed by atoms with E-state index in [1.54, 1.807) is 0 Å². The second kappa shape index (κ2) is 2.91. The largest absolute Gasteiger partial charge is 0.399 e. The van der Waals surface area contributed by atoms with E-state index < -0.39 is 0 Å². The van der Waals surface area contributed by atoms with Crippen molar-refractivity contribution in [2.24, 2.45) is 5.41 Å². The zero-order chi connectivity index (χ0) is 10.3. The fourth-order valence-electron chi connectivity index (χ4n) is 2.19. The summed E-state index contributed by atoms with van der Waals surface area (Å²) in [4.78, 5) is 2.41. The van der Waals surface area contributed by atoms with Gasteiger partial charge in [-0.25, -0.2) is 0 Å². The summed E-state index contributed by atoms with van der Waals surface area (Å²) < 4.78 is 0. The van der Waals surface area contributed by atoms with Crippen LogP contribution in [0.5, 0.6) is 0 Å². The molecule has 1 fully saturated rings. The molecule has 0 aromatic heterocycles. The van der Waals surface area contributed by atoms with Crippen LogP contribution < -0.4 is 10.6 Å². The molecule has 76 valence electrons. The standard InChI is InChI=1S/C12H18N2/c1-9-6-10(13)4-5-11(9)14-7-12(2,3)8-14/h4-6H,7-8,13H2,1-3H3. The van der Waals surface area contributed by atoms with Gasteiger partial charge in [0.25, 0.3) is 0 Å². The van der Waals surface area contributed by atoms with E-state index in [9.17, 15) is 0 Å². The first kappa shape index (κ1) is 9.38. The van der Waals surface area contributed by atoms with Crippen LogP contribution in [0.15, 0.2) is 18.2 Å². The van der Waals surface area contributed by atoms with Crippen LogP contribution in [0.3, 0.4) is 0 Å². The third-order valence-corrected chi connectivity index (χ3v) is 2.80. The second-order valence-corrected chi connectivity index (χ2v) is 5.07. The average molecular weight is 190 g/mol. The van der Waals surface area contributed by atoms with E-state index in [1.807, 2.05) is 12.1 Å². The minimum Gasteiger partial charge on any atom is -0.399 e. The van der Waals surface area contributed by atoms with Crippen molar-refractivity contribution in [3.8, 4) is 0 Å². The summed E-state index contributed by atoms with van der Waals surface area (Å²) in [5.74, 6) is 0. The predicted molar refractivity (Wildman–Crippen MR) is 61.6 cm³/mol. The topological polar surface area (TPSA) is 29.3 Å². The molecular weight excluding hydrogens is 172 g/mol. The van der Waals surface area contributed by atoms with Gasteiger partial charge in [0.05, 0.1) is 0 Å². The molecular formula is C12H18N2. The van der Waals surface area contributed by atoms with E-state index >= 15 is 0 Å². The Bertz CT molecular complexity index is 347. The van der Waals surface area contributed by atoms with Crippen LogP contribution in [0.4, 0.5) is 11.4 Å². The molecule has 14 heavy (non-hydrogen) atoms. The van der Waals surface area contributed by atoms with E-state index in [4.69, 9.17) is 5.73 Å². The summed E-state index contributed by atoms with van der Waals surface area (Å²) >= 11 is 0. The van der Waals surface area contributed by atoms with Crippen LogP contribution >= 0.6 is 0 Å². The fraction of sp³-hybridized carbons (Fsp3) is 0.500. The molecule has 1 aliphatic heterocycles. The van der Waals surface area contributed by atoms with Crippen molar-refractivity contribution in [1.29, 1.82) is 0 Å². The Balaban J connectivity index is 2.19. The van der Waals surface area contributed by atoms with Gasteiger partial charge < -0.3 is 10.6 Å². The number of hydrogen-bond donors (Lipinski definition) is 1. The average Bonchev–Trinajstić information content (AvgIpc) is 2.00. The van der Waals surface area contributed by atoms with Gasteiger partial charge in [0.1, 0.15) is 0 Å². The maximum Gasteiger partial charge on any atom is 0.0397 e. The SMILES string of the molecule is Cc1cc(N)ccc1N1CC(C)(C)C1. The fourth-order valence-corrected chi connectivity index (χ4v) is 2.19. The number of nitrogens with zero attached hydrogens (tertiary/aromatic N) is 1. The highest BCUT2D eigenvalue weighted by atomic mass is 15.2. The smallest absolute Gasteiger partial charge is 0.0397 e. The van der Waals surface area contributed by atoms with Crippen molar-refractivity contribution >= 4 is 11.4 Å². The Kier molecular flexibility index (Phi) is 1.95. The molecule has 0 spiro atoms. The van der Waals surface area contributed by atoms with Gasteiger partial charge in [-0.05, 0) is 36.1 Å². The van der Waals surface area contributed by atoms with Gasteiger partial charge in [-0.3, -0.25) is 0 Å². The molecule has 2 N–H and O–H groups in total. The highest BCUT2D eigenvalue weighted by Gasteiger charge is 2.34. The molecule has 0 saturated carbocycles. The normalized spacial score (nSPS) is 19.2. The lowest BCUT2D eigenvalue weighted by Crippen LogP contribution is -2.53. The van der Waals surface area contributed by atoms with Crippen molar-refractivity contribution in [3.05, 3.63) is 23.8 Å². The van der Waals surface area contributed by atoms with Crippen LogP contribution in [-0.2, 0) is 0 Å². The molecule has 0 aliphatic carbocycles. The zero-order valence-corrected chi connectivity index (χ0v) is 9.17. The van der Waals surface area contributed by atoms with E-state index in [-0.39, 0.29) is 0 Å². The number of rotatable bonds is 1. The van der Waals surface area contributed by atoms with Crippen LogP contribution in [0.2, 0.25) is 0 Å². The molecule has 0 bridgehead atoms. The number of nitrogen functional groups attached to an aromatic ring is 1. The van der Waals surface area contributed by atoms with Crippen molar-refractivity contribution in [1.82, 2.24) is 0 Å². The first-order valence-electron chi connectivity index (χ1n) is 5.09. The van der Waals surface area contributed by atoms with Gasteiger partial charge in [-0.1, -0.05) is 13.8 Å². The van der Waals surface area contributed by atoms with Crippen LogP contribution in [0.25, 0.3) is 0 Å². The molecule has 0 amide bonds. The third-order valence-electron chi connectivity index (χ3n) is 2.80. The third kappa shape index (κ3) is 1.57. The maximum atomic E-state index is 5.72. The maximum absolute atomic E-state index is 5.72. The molecule has 1 aromatic rings. The van der Waals surface area contributed by atoms with Gasteiger partial charge >= 0.3 is 0 Å². The Labute approximate surface area is 85.7 Å². The van der Waals surface area contributed by atoms with Gasteiger partial charge in [0.2, 0.25) is 0 Å². The molecule has 2 heteroatoms. The quantitative estimate of drug-likeness (QED) is 0.689. The van der Waals surface area contributed by atoms with Crippen molar-refractivity contribution in [2.45, 2.75) is 20.8 Å². The lowest BCUT2D eigenvalue weighted by molar-refractivity contribution is 0.276. The predicted octanol–water partition coefficient (Wildman–Crippen LogP) is 2.42. The highest BCUT2D eigenvalue weighted by Crippen LogP contribution is 2.35. The molecule has 0 unspecified atom stereocenters. The van der Waals surface area contributed by atoms with E-state index in [0.29, 0.717) is 5.41 Å². The van der Waals surface area contributed by atoms with Crippen molar-refractivity contribution in [3.63, 3.8) is 0 Å². The number of nitrogens with two attached hydrogens (primary N) is 1. The summed E-state index contributed by atoms with van der Waals surface area (Å²) in [5, 5.41) is 0.